The molecule has 0 saturated carbocycles. The number of aliphatic carboxylic acids is 1. The van der Waals surface area contributed by atoms with Crippen molar-refractivity contribution in [3.63, 3.8) is 0 Å². The van der Waals surface area contributed by atoms with E-state index in [9.17, 15) is 17.6 Å². The lowest BCUT2D eigenvalue weighted by atomic mass is 10.1. The van der Waals surface area contributed by atoms with Crippen LogP contribution in [0.1, 0.15) is 12.0 Å². The van der Waals surface area contributed by atoms with Crippen molar-refractivity contribution in [2.24, 2.45) is 0 Å². The van der Waals surface area contributed by atoms with E-state index < -0.39 is 21.8 Å². The van der Waals surface area contributed by atoms with Crippen molar-refractivity contribution in [2.75, 3.05) is 14.2 Å². The Labute approximate surface area is 196 Å². The topological polar surface area (TPSA) is 94.8 Å². The Morgan fingerprint density at radius 3 is 2.44 bits per heavy atom. The summed E-state index contributed by atoms with van der Waals surface area (Å²) in [4.78, 5) is 11.1. The summed E-state index contributed by atoms with van der Waals surface area (Å²) in [6.07, 6.45) is 1.46. The van der Waals surface area contributed by atoms with E-state index >= 15 is 0 Å². The van der Waals surface area contributed by atoms with Crippen LogP contribution >= 0.6 is 0 Å². The van der Waals surface area contributed by atoms with Crippen molar-refractivity contribution in [1.29, 1.82) is 0 Å². The molecule has 0 aliphatic rings. The molecule has 1 aromatic heterocycles. The summed E-state index contributed by atoms with van der Waals surface area (Å²) < 4.78 is 52.8. The zero-order valence-corrected chi connectivity index (χ0v) is 19.3. The van der Waals surface area contributed by atoms with Gasteiger partial charge in [-0.25, -0.2) is 16.8 Å². The highest BCUT2D eigenvalue weighted by atomic mass is 32.2. The van der Waals surface area contributed by atoms with Crippen LogP contribution in [0.25, 0.3) is 22.0 Å². The number of aryl methyl sites for hydroxylation is 1. The molecule has 0 radical (unpaired) electrons. The molecule has 3 aromatic carbocycles. The van der Waals surface area contributed by atoms with E-state index in [1.54, 1.807) is 36.4 Å². The molecule has 1 heterocycles. The minimum Gasteiger partial charge on any atom is -0.497 e. The van der Waals surface area contributed by atoms with Crippen LogP contribution in [-0.4, -0.2) is 37.7 Å². The summed E-state index contributed by atoms with van der Waals surface area (Å²) in [5.41, 5.74) is 2.00. The van der Waals surface area contributed by atoms with Gasteiger partial charge in [-0.3, -0.25) is 4.79 Å². The molecule has 0 aliphatic heterocycles. The van der Waals surface area contributed by atoms with Crippen molar-refractivity contribution in [2.45, 2.75) is 17.7 Å². The third-order valence-corrected chi connectivity index (χ3v) is 7.21. The van der Waals surface area contributed by atoms with Gasteiger partial charge in [0.1, 0.15) is 5.75 Å². The summed E-state index contributed by atoms with van der Waals surface area (Å²) in [5.74, 6) is -0.911. The van der Waals surface area contributed by atoms with Crippen LogP contribution in [0.2, 0.25) is 0 Å². The van der Waals surface area contributed by atoms with Gasteiger partial charge >= 0.3 is 5.97 Å². The first-order valence-electron chi connectivity index (χ1n) is 10.3. The SMILES string of the molecule is COc1ccc2c(c1)c(CCC(=O)O)cn2S(=O)(=O)c1cccc(-c2ccc(OC)c(F)c2)c1. The van der Waals surface area contributed by atoms with Crippen LogP contribution in [-0.2, 0) is 21.2 Å². The van der Waals surface area contributed by atoms with E-state index in [0.29, 0.717) is 33.3 Å². The van der Waals surface area contributed by atoms with E-state index in [1.807, 2.05) is 0 Å². The van der Waals surface area contributed by atoms with Gasteiger partial charge in [-0.15, -0.1) is 0 Å². The second kappa shape index (κ2) is 9.18. The zero-order valence-electron chi connectivity index (χ0n) is 18.5. The highest BCUT2D eigenvalue weighted by molar-refractivity contribution is 7.90. The molecule has 176 valence electrons. The van der Waals surface area contributed by atoms with Gasteiger partial charge in [-0.05, 0) is 65.6 Å². The molecule has 1 N–H and O–H groups in total. The fourth-order valence-corrected chi connectivity index (χ4v) is 5.25. The summed E-state index contributed by atoms with van der Waals surface area (Å²) in [5, 5.41) is 9.69. The molecular formula is C25H22FNO6S. The Morgan fingerprint density at radius 2 is 1.76 bits per heavy atom. The van der Waals surface area contributed by atoms with Gasteiger partial charge < -0.3 is 14.6 Å². The predicted molar refractivity (Wildman–Crippen MR) is 125 cm³/mol. The molecule has 0 amide bonds. The fourth-order valence-electron chi connectivity index (χ4n) is 3.81. The normalized spacial score (nSPS) is 11.5. The number of nitrogens with zero attached hydrogens (tertiary/aromatic N) is 1. The van der Waals surface area contributed by atoms with E-state index in [2.05, 4.69) is 0 Å². The quantitative estimate of drug-likeness (QED) is 0.390. The minimum atomic E-state index is -4.05. The molecule has 0 fully saturated rings. The first kappa shape index (κ1) is 23.3. The van der Waals surface area contributed by atoms with Gasteiger partial charge in [0.15, 0.2) is 11.6 Å². The Morgan fingerprint density at radius 1 is 1.00 bits per heavy atom. The molecule has 0 saturated heterocycles. The van der Waals surface area contributed by atoms with Gasteiger partial charge in [0.2, 0.25) is 0 Å². The number of carbonyl (C=O) groups is 1. The van der Waals surface area contributed by atoms with Crippen LogP contribution in [0.15, 0.2) is 71.8 Å². The number of aromatic nitrogens is 1. The van der Waals surface area contributed by atoms with Gasteiger partial charge in [0, 0.05) is 18.0 Å². The Kier molecular flexibility index (Phi) is 6.30. The molecule has 0 unspecified atom stereocenters. The lowest BCUT2D eigenvalue weighted by molar-refractivity contribution is -0.136. The van der Waals surface area contributed by atoms with Crippen molar-refractivity contribution in [1.82, 2.24) is 3.97 Å². The van der Waals surface area contributed by atoms with Crippen LogP contribution in [0.3, 0.4) is 0 Å². The van der Waals surface area contributed by atoms with Crippen LogP contribution in [0.5, 0.6) is 11.5 Å². The third-order valence-electron chi connectivity index (χ3n) is 5.54. The van der Waals surface area contributed by atoms with Gasteiger partial charge in [-0.1, -0.05) is 18.2 Å². The highest BCUT2D eigenvalue weighted by Gasteiger charge is 2.22. The maximum atomic E-state index is 14.2. The number of carboxylic acid groups (broad SMARTS) is 1. The second-order valence-electron chi connectivity index (χ2n) is 7.61. The number of ether oxygens (including phenoxy) is 2. The third kappa shape index (κ3) is 4.34. The van der Waals surface area contributed by atoms with Crippen LogP contribution < -0.4 is 9.47 Å². The Balaban J connectivity index is 1.82. The molecule has 4 rings (SSSR count). The summed E-state index contributed by atoms with van der Waals surface area (Å²) >= 11 is 0. The summed E-state index contributed by atoms with van der Waals surface area (Å²) in [6, 6.07) is 15.6. The number of hydrogen-bond donors (Lipinski definition) is 1. The predicted octanol–water partition coefficient (Wildman–Crippen LogP) is 4.72. The number of methoxy groups -OCH3 is 2. The molecular weight excluding hydrogens is 461 g/mol. The van der Waals surface area contributed by atoms with Crippen LogP contribution in [0, 0.1) is 5.82 Å². The molecule has 0 spiro atoms. The largest absolute Gasteiger partial charge is 0.497 e. The standard InChI is InChI=1S/C25H22FNO6S/c1-32-19-8-9-23-21(14-19)18(7-11-25(28)29)15-27(23)34(30,31)20-5-3-4-16(12-20)17-6-10-24(33-2)22(26)13-17/h3-6,8-10,12-15H,7,11H2,1-2H3,(H,28,29). The number of halogens is 1. The van der Waals surface area contributed by atoms with Gasteiger partial charge in [0.25, 0.3) is 10.0 Å². The minimum absolute atomic E-state index is 0.0127. The highest BCUT2D eigenvalue weighted by Crippen LogP contribution is 2.32. The maximum Gasteiger partial charge on any atom is 0.303 e. The molecule has 4 aromatic rings. The molecule has 7 nitrogen and oxygen atoms in total. The molecule has 0 atom stereocenters. The molecule has 9 heteroatoms. The van der Waals surface area contributed by atoms with Crippen molar-refractivity contribution < 1.29 is 32.2 Å². The number of carboxylic acids is 1. The lowest BCUT2D eigenvalue weighted by Crippen LogP contribution is -2.12. The van der Waals surface area contributed by atoms with E-state index in [1.165, 1.54) is 44.7 Å². The molecule has 34 heavy (non-hydrogen) atoms. The van der Waals surface area contributed by atoms with Crippen molar-refractivity contribution >= 4 is 26.9 Å². The van der Waals surface area contributed by atoms with E-state index in [4.69, 9.17) is 14.6 Å². The average molecular weight is 484 g/mol. The van der Waals surface area contributed by atoms with Crippen molar-refractivity contribution in [3.8, 4) is 22.6 Å². The summed E-state index contributed by atoms with van der Waals surface area (Å²) in [7, 11) is -1.18. The summed E-state index contributed by atoms with van der Waals surface area (Å²) in [6.45, 7) is 0. The molecule has 0 bridgehead atoms. The van der Waals surface area contributed by atoms with Gasteiger partial charge in [0.05, 0.1) is 24.6 Å². The van der Waals surface area contributed by atoms with Crippen molar-refractivity contribution in [3.05, 3.63) is 78.2 Å². The van der Waals surface area contributed by atoms with E-state index in [0.717, 1.165) is 3.97 Å². The van der Waals surface area contributed by atoms with Gasteiger partial charge in [-0.2, -0.15) is 0 Å². The smallest absolute Gasteiger partial charge is 0.303 e. The van der Waals surface area contributed by atoms with Crippen LogP contribution in [0.4, 0.5) is 4.39 Å². The Bertz CT molecular complexity index is 1490. The maximum absolute atomic E-state index is 14.2. The number of benzene rings is 3. The average Bonchev–Trinajstić information content (AvgIpc) is 3.21. The Hall–Kier alpha value is -3.85. The molecule has 0 aliphatic carbocycles. The number of hydrogen-bond acceptors (Lipinski definition) is 5. The van der Waals surface area contributed by atoms with E-state index in [-0.39, 0.29) is 23.5 Å². The zero-order chi connectivity index (χ0) is 24.5. The first-order chi connectivity index (χ1) is 16.2. The number of fused-ring (bicyclic) bond motifs is 1. The number of rotatable bonds is 8. The fraction of sp³-hybridized carbons (Fsp3) is 0.160. The monoisotopic (exact) mass is 483 g/mol. The first-order valence-corrected chi connectivity index (χ1v) is 11.8. The second-order valence-corrected chi connectivity index (χ2v) is 9.42. The lowest BCUT2D eigenvalue weighted by Gasteiger charge is -2.10.